The summed E-state index contributed by atoms with van der Waals surface area (Å²) in [5.74, 6) is 0.672. The van der Waals surface area contributed by atoms with Crippen LogP contribution in [0.3, 0.4) is 0 Å². The molecule has 0 aromatic carbocycles. The van der Waals surface area contributed by atoms with Crippen LogP contribution in [0.25, 0.3) is 11.2 Å². The van der Waals surface area contributed by atoms with Gasteiger partial charge in [-0.3, -0.25) is 0 Å². The first-order valence-electron chi connectivity index (χ1n) is 8.55. The van der Waals surface area contributed by atoms with Crippen LogP contribution in [0.2, 0.25) is 5.28 Å². The summed E-state index contributed by atoms with van der Waals surface area (Å²) in [6.07, 6.45) is 11.2. The van der Waals surface area contributed by atoms with E-state index in [0.29, 0.717) is 17.9 Å². The molecule has 0 spiro atoms. The Morgan fingerprint density at radius 1 is 1.13 bits per heavy atom. The molecule has 0 atom stereocenters. The van der Waals surface area contributed by atoms with Crippen molar-refractivity contribution >= 4 is 28.6 Å². The van der Waals surface area contributed by atoms with Crippen LogP contribution in [0.5, 0.6) is 0 Å². The lowest BCUT2D eigenvalue weighted by Gasteiger charge is -2.27. The molecule has 2 heterocycles. The molecule has 124 valence electrons. The summed E-state index contributed by atoms with van der Waals surface area (Å²) < 4.78 is 2.14. The van der Waals surface area contributed by atoms with Crippen LogP contribution in [-0.4, -0.2) is 37.4 Å². The molecule has 0 bridgehead atoms. The van der Waals surface area contributed by atoms with Gasteiger partial charge in [-0.05, 0) is 37.3 Å². The number of halogens is 1. The Bertz CT molecular complexity index is 691. The molecule has 0 radical (unpaired) electrons. The number of nitrogens with zero attached hydrogens (tertiary/aromatic N) is 5. The van der Waals surface area contributed by atoms with Crippen molar-refractivity contribution < 1.29 is 5.11 Å². The summed E-state index contributed by atoms with van der Waals surface area (Å²) in [4.78, 5) is 15.3. The molecule has 1 N–H and O–H groups in total. The highest BCUT2D eigenvalue weighted by molar-refractivity contribution is 6.28. The Morgan fingerprint density at radius 2 is 1.83 bits per heavy atom. The SMILES string of the molecule is OCN(c1nc(Cl)nc2c1ncn2C1CCCC1)C1CCCC1. The van der Waals surface area contributed by atoms with Crippen molar-refractivity contribution in [3.63, 3.8) is 0 Å². The van der Waals surface area contributed by atoms with Crippen molar-refractivity contribution in [3.8, 4) is 0 Å². The van der Waals surface area contributed by atoms with E-state index in [9.17, 15) is 5.11 Å². The third kappa shape index (κ3) is 2.68. The molecule has 23 heavy (non-hydrogen) atoms. The van der Waals surface area contributed by atoms with E-state index >= 15 is 0 Å². The fourth-order valence-corrected chi connectivity index (χ4v) is 4.26. The van der Waals surface area contributed by atoms with Gasteiger partial charge in [0.05, 0.1) is 6.33 Å². The summed E-state index contributed by atoms with van der Waals surface area (Å²) in [6.45, 7) is -0.0661. The van der Waals surface area contributed by atoms with Gasteiger partial charge in [0.15, 0.2) is 17.0 Å². The quantitative estimate of drug-likeness (QED) is 0.686. The minimum atomic E-state index is -0.0661. The van der Waals surface area contributed by atoms with Gasteiger partial charge in [-0.1, -0.05) is 25.7 Å². The lowest BCUT2D eigenvalue weighted by atomic mass is 10.2. The van der Waals surface area contributed by atoms with Crippen LogP contribution in [0.15, 0.2) is 6.33 Å². The molecule has 2 fully saturated rings. The maximum atomic E-state index is 9.90. The number of aliphatic hydroxyl groups is 1. The second-order valence-corrected chi connectivity index (χ2v) is 6.97. The topological polar surface area (TPSA) is 67.1 Å². The van der Waals surface area contributed by atoms with Gasteiger partial charge >= 0.3 is 0 Å². The van der Waals surface area contributed by atoms with E-state index < -0.39 is 0 Å². The first kappa shape index (κ1) is 15.1. The molecule has 0 unspecified atom stereocenters. The standard InChI is InChI=1S/C16H22ClN5O/c17-16-19-14-13(18-9-21(14)11-5-1-2-6-11)15(20-16)22(10-23)12-7-3-4-8-12/h9,11-12,23H,1-8,10H2. The number of rotatable bonds is 4. The molecule has 7 heteroatoms. The predicted molar refractivity (Wildman–Crippen MR) is 89.7 cm³/mol. The molecule has 0 amide bonds. The van der Waals surface area contributed by atoms with Crippen molar-refractivity contribution in [1.29, 1.82) is 0 Å². The molecule has 2 saturated carbocycles. The van der Waals surface area contributed by atoms with Crippen LogP contribution in [0, 0.1) is 0 Å². The van der Waals surface area contributed by atoms with Gasteiger partial charge in [0, 0.05) is 12.1 Å². The molecule has 0 aliphatic heterocycles. The van der Waals surface area contributed by atoms with Crippen molar-refractivity contribution in [2.24, 2.45) is 0 Å². The maximum absolute atomic E-state index is 9.90. The number of imidazole rings is 1. The van der Waals surface area contributed by atoms with E-state index in [1.165, 1.54) is 25.7 Å². The van der Waals surface area contributed by atoms with E-state index in [0.717, 1.165) is 36.8 Å². The van der Waals surface area contributed by atoms with Crippen LogP contribution in [0.4, 0.5) is 5.82 Å². The lowest BCUT2D eigenvalue weighted by Crippen LogP contribution is -2.35. The minimum absolute atomic E-state index is 0.0661. The smallest absolute Gasteiger partial charge is 0.226 e. The van der Waals surface area contributed by atoms with Gasteiger partial charge < -0.3 is 14.6 Å². The van der Waals surface area contributed by atoms with Crippen LogP contribution in [-0.2, 0) is 0 Å². The number of fused-ring (bicyclic) bond motifs is 1. The number of aromatic nitrogens is 4. The summed E-state index contributed by atoms with van der Waals surface area (Å²) in [5.41, 5.74) is 1.55. The third-order valence-electron chi connectivity index (χ3n) is 5.28. The third-order valence-corrected chi connectivity index (χ3v) is 5.45. The molecule has 6 nitrogen and oxygen atoms in total. The van der Waals surface area contributed by atoms with Gasteiger partial charge in [-0.2, -0.15) is 9.97 Å². The second-order valence-electron chi connectivity index (χ2n) is 6.63. The molecule has 2 aromatic heterocycles. The van der Waals surface area contributed by atoms with Crippen molar-refractivity contribution in [2.45, 2.75) is 63.5 Å². The van der Waals surface area contributed by atoms with Crippen molar-refractivity contribution in [2.75, 3.05) is 11.6 Å². The highest BCUT2D eigenvalue weighted by atomic mass is 35.5. The van der Waals surface area contributed by atoms with Gasteiger partial charge in [0.25, 0.3) is 0 Å². The Hall–Kier alpha value is -1.40. The van der Waals surface area contributed by atoms with Gasteiger partial charge in [-0.25, -0.2) is 4.98 Å². The highest BCUT2D eigenvalue weighted by Gasteiger charge is 2.28. The van der Waals surface area contributed by atoms with Crippen molar-refractivity contribution in [1.82, 2.24) is 19.5 Å². The Morgan fingerprint density at radius 3 is 2.52 bits per heavy atom. The summed E-state index contributed by atoms with van der Waals surface area (Å²) >= 11 is 6.20. The maximum Gasteiger partial charge on any atom is 0.226 e. The molecule has 0 saturated heterocycles. The molecular formula is C16H22ClN5O. The fourth-order valence-electron chi connectivity index (χ4n) is 4.10. The van der Waals surface area contributed by atoms with Crippen LogP contribution >= 0.6 is 11.6 Å². The molecule has 2 aromatic rings. The average molecular weight is 336 g/mol. The zero-order valence-electron chi connectivity index (χ0n) is 13.2. The Kier molecular flexibility index (Phi) is 4.11. The van der Waals surface area contributed by atoms with E-state index in [4.69, 9.17) is 11.6 Å². The first-order chi connectivity index (χ1) is 11.3. The largest absolute Gasteiger partial charge is 0.376 e. The average Bonchev–Trinajstić information content (AvgIpc) is 3.28. The molecule has 4 rings (SSSR count). The van der Waals surface area contributed by atoms with Gasteiger partial charge in [0.1, 0.15) is 6.73 Å². The number of hydrogen-bond acceptors (Lipinski definition) is 5. The molecule has 2 aliphatic rings. The van der Waals surface area contributed by atoms with E-state index in [1.54, 1.807) is 0 Å². The summed E-state index contributed by atoms with van der Waals surface area (Å²) in [7, 11) is 0. The van der Waals surface area contributed by atoms with Gasteiger partial charge in [-0.15, -0.1) is 0 Å². The highest BCUT2D eigenvalue weighted by Crippen LogP contribution is 2.35. The monoisotopic (exact) mass is 335 g/mol. The lowest BCUT2D eigenvalue weighted by molar-refractivity contribution is 0.275. The number of anilines is 1. The van der Waals surface area contributed by atoms with Crippen molar-refractivity contribution in [3.05, 3.63) is 11.6 Å². The summed E-state index contributed by atoms with van der Waals surface area (Å²) in [6, 6.07) is 0.763. The van der Waals surface area contributed by atoms with Crippen LogP contribution < -0.4 is 4.90 Å². The minimum Gasteiger partial charge on any atom is -0.376 e. The zero-order chi connectivity index (χ0) is 15.8. The predicted octanol–water partition coefficient (Wildman–Crippen LogP) is 3.29. The fraction of sp³-hybridized carbons (Fsp3) is 0.688. The second kappa shape index (κ2) is 6.24. The molecular weight excluding hydrogens is 314 g/mol. The Labute approximate surface area is 140 Å². The summed E-state index contributed by atoms with van der Waals surface area (Å²) in [5, 5.41) is 10.1. The van der Waals surface area contributed by atoms with E-state index in [2.05, 4.69) is 19.5 Å². The first-order valence-corrected chi connectivity index (χ1v) is 8.93. The van der Waals surface area contributed by atoms with E-state index in [-0.39, 0.29) is 12.0 Å². The normalized spacial score (nSPS) is 19.9. The van der Waals surface area contributed by atoms with Gasteiger partial charge in [0.2, 0.25) is 5.28 Å². The Balaban J connectivity index is 1.79. The number of hydrogen-bond donors (Lipinski definition) is 1. The molecule has 2 aliphatic carbocycles. The van der Waals surface area contributed by atoms with Crippen LogP contribution in [0.1, 0.15) is 57.4 Å². The number of aliphatic hydroxyl groups excluding tert-OH is 1. The van der Waals surface area contributed by atoms with E-state index in [1.807, 2.05) is 11.2 Å². The zero-order valence-corrected chi connectivity index (χ0v) is 13.9.